The van der Waals surface area contributed by atoms with Gasteiger partial charge in [0.25, 0.3) is 5.91 Å². The Labute approximate surface area is 116 Å². The van der Waals surface area contributed by atoms with Gasteiger partial charge in [-0.3, -0.25) is 4.79 Å². The lowest BCUT2D eigenvalue weighted by molar-refractivity contribution is 0.0939. The number of benzene rings is 2. The summed E-state index contributed by atoms with van der Waals surface area (Å²) in [5.41, 5.74) is 1.25. The van der Waals surface area contributed by atoms with E-state index in [1.165, 1.54) is 18.2 Å². The van der Waals surface area contributed by atoms with E-state index in [2.05, 4.69) is 5.32 Å². The van der Waals surface area contributed by atoms with Crippen molar-refractivity contribution in [2.24, 2.45) is 0 Å². The van der Waals surface area contributed by atoms with E-state index in [9.17, 15) is 9.18 Å². The molecule has 1 atom stereocenters. The number of rotatable bonds is 3. The maximum absolute atomic E-state index is 13.0. The van der Waals surface area contributed by atoms with E-state index in [1.807, 2.05) is 19.1 Å². The maximum Gasteiger partial charge on any atom is 0.251 e. The molecular formula is C15H13ClFNO. The van der Waals surface area contributed by atoms with Crippen LogP contribution in [0.15, 0.2) is 48.5 Å². The average molecular weight is 278 g/mol. The molecule has 0 saturated heterocycles. The van der Waals surface area contributed by atoms with Crippen LogP contribution in [0.25, 0.3) is 0 Å². The zero-order chi connectivity index (χ0) is 13.8. The Hall–Kier alpha value is -1.87. The molecule has 0 saturated carbocycles. The Kier molecular flexibility index (Phi) is 4.17. The van der Waals surface area contributed by atoms with E-state index in [0.717, 1.165) is 5.56 Å². The number of carbonyl (C=O) groups is 1. The molecule has 4 heteroatoms. The number of carbonyl (C=O) groups excluding carboxylic acids is 1. The van der Waals surface area contributed by atoms with Crippen LogP contribution in [0.4, 0.5) is 4.39 Å². The van der Waals surface area contributed by atoms with Gasteiger partial charge < -0.3 is 5.32 Å². The Morgan fingerprint density at radius 3 is 2.53 bits per heavy atom. The summed E-state index contributed by atoms with van der Waals surface area (Å²) in [5, 5.41) is 3.46. The molecule has 0 aromatic heterocycles. The number of hydrogen-bond acceptors (Lipinski definition) is 1. The topological polar surface area (TPSA) is 29.1 Å². The van der Waals surface area contributed by atoms with Crippen LogP contribution in [-0.4, -0.2) is 5.91 Å². The van der Waals surface area contributed by atoms with E-state index >= 15 is 0 Å². The Morgan fingerprint density at radius 1 is 1.21 bits per heavy atom. The molecule has 1 amide bonds. The van der Waals surface area contributed by atoms with Crippen LogP contribution >= 0.6 is 11.6 Å². The van der Waals surface area contributed by atoms with Crippen LogP contribution in [0.1, 0.15) is 28.9 Å². The van der Waals surface area contributed by atoms with Crippen molar-refractivity contribution in [2.45, 2.75) is 13.0 Å². The van der Waals surface area contributed by atoms with Crippen LogP contribution in [0.5, 0.6) is 0 Å². The molecule has 0 bridgehead atoms. The third-order valence-electron chi connectivity index (χ3n) is 2.80. The monoisotopic (exact) mass is 277 g/mol. The van der Waals surface area contributed by atoms with Crippen molar-refractivity contribution in [1.29, 1.82) is 0 Å². The summed E-state index contributed by atoms with van der Waals surface area (Å²) in [4.78, 5) is 11.9. The minimum atomic E-state index is -0.424. The quantitative estimate of drug-likeness (QED) is 0.904. The van der Waals surface area contributed by atoms with Crippen molar-refractivity contribution in [1.82, 2.24) is 5.32 Å². The van der Waals surface area contributed by atoms with Gasteiger partial charge in [-0.05, 0) is 42.8 Å². The van der Waals surface area contributed by atoms with Gasteiger partial charge >= 0.3 is 0 Å². The third-order valence-corrected chi connectivity index (χ3v) is 3.06. The first-order chi connectivity index (χ1) is 9.06. The second-order valence-electron chi connectivity index (χ2n) is 4.26. The standard InChI is InChI=1S/C15H13ClFNO/c1-10(11-5-7-13(16)8-6-11)18-15(19)12-3-2-4-14(17)9-12/h2-10H,1H3,(H,18,19)/t10-/m0/s1. The van der Waals surface area contributed by atoms with Crippen LogP contribution in [0.3, 0.4) is 0 Å². The molecule has 2 rings (SSSR count). The van der Waals surface area contributed by atoms with Gasteiger partial charge in [-0.1, -0.05) is 29.8 Å². The molecule has 0 aliphatic rings. The van der Waals surface area contributed by atoms with Gasteiger partial charge in [0.2, 0.25) is 0 Å². The summed E-state index contributed by atoms with van der Waals surface area (Å²) in [5.74, 6) is -0.728. The maximum atomic E-state index is 13.0. The molecule has 0 spiro atoms. The summed E-state index contributed by atoms with van der Waals surface area (Å²) >= 11 is 5.81. The van der Waals surface area contributed by atoms with Gasteiger partial charge in [0.15, 0.2) is 0 Å². The van der Waals surface area contributed by atoms with Crippen LogP contribution in [0, 0.1) is 5.82 Å². The largest absolute Gasteiger partial charge is 0.346 e. The van der Waals surface area contributed by atoms with Crippen molar-refractivity contribution >= 4 is 17.5 Å². The average Bonchev–Trinajstić information content (AvgIpc) is 2.39. The fraction of sp³-hybridized carbons (Fsp3) is 0.133. The van der Waals surface area contributed by atoms with Crippen molar-refractivity contribution in [3.05, 3.63) is 70.5 Å². The van der Waals surface area contributed by atoms with Crippen molar-refractivity contribution in [3.63, 3.8) is 0 Å². The van der Waals surface area contributed by atoms with Crippen molar-refractivity contribution in [3.8, 4) is 0 Å². The molecule has 0 unspecified atom stereocenters. The van der Waals surface area contributed by atoms with Crippen LogP contribution in [-0.2, 0) is 0 Å². The Bertz CT molecular complexity index is 583. The molecule has 2 nitrogen and oxygen atoms in total. The van der Waals surface area contributed by atoms with Gasteiger partial charge in [-0.15, -0.1) is 0 Å². The van der Waals surface area contributed by atoms with Gasteiger partial charge in [0.1, 0.15) is 5.82 Å². The normalized spacial score (nSPS) is 11.9. The number of halogens is 2. The summed E-state index contributed by atoms with van der Waals surface area (Å²) in [7, 11) is 0. The second kappa shape index (κ2) is 5.85. The first-order valence-electron chi connectivity index (χ1n) is 5.88. The molecule has 0 fully saturated rings. The van der Waals surface area contributed by atoms with Crippen molar-refractivity contribution < 1.29 is 9.18 Å². The lowest BCUT2D eigenvalue weighted by atomic mass is 10.1. The highest BCUT2D eigenvalue weighted by molar-refractivity contribution is 6.30. The minimum absolute atomic E-state index is 0.173. The summed E-state index contributed by atoms with van der Waals surface area (Å²) in [6.07, 6.45) is 0. The van der Waals surface area contributed by atoms with E-state index in [4.69, 9.17) is 11.6 Å². The lowest BCUT2D eigenvalue weighted by Gasteiger charge is -2.14. The predicted molar refractivity (Wildman–Crippen MR) is 73.7 cm³/mol. The van der Waals surface area contributed by atoms with E-state index < -0.39 is 5.82 Å². The molecule has 98 valence electrons. The molecule has 2 aromatic carbocycles. The zero-order valence-electron chi connectivity index (χ0n) is 10.4. The molecule has 0 aliphatic heterocycles. The third kappa shape index (κ3) is 3.55. The van der Waals surface area contributed by atoms with E-state index in [0.29, 0.717) is 10.6 Å². The molecule has 1 N–H and O–H groups in total. The van der Waals surface area contributed by atoms with Crippen LogP contribution < -0.4 is 5.32 Å². The molecule has 19 heavy (non-hydrogen) atoms. The highest BCUT2D eigenvalue weighted by Gasteiger charge is 2.11. The Morgan fingerprint density at radius 2 is 1.89 bits per heavy atom. The smallest absolute Gasteiger partial charge is 0.251 e. The van der Waals surface area contributed by atoms with Gasteiger partial charge in [-0.2, -0.15) is 0 Å². The minimum Gasteiger partial charge on any atom is -0.346 e. The highest BCUT2D eigenvalue weighted by atomic mass is 35.5. The lowest BCUT2D eigenvalue weighted by Crippen LogP contribution is -2.26. The number of hydrogen-bond donors (Lipinski definition) is 1. The second-order valence-corrected chi connectivity index (χ2v) is 4.69. The molecular weight excluding hydrogens is 265 g/mol. The van der Waals surface area contributed by atoms with Gasteiger partial charge in [-0.25, -0.2) is 4.39 Å². The number of amides is 1. The summed E-state index contributed by atoms with van der Waals surface area (Å²) < 4.78 is 13.0. The van der Waals surface area contributed by atoms with Crippen molar-refractivity contribution in [2.75, 3.05) is 0 Å². The first kappa shape index (κ1) is 13.6. The molecule has 2 aromatic rings. The van der Waals surface area contributed by atoms with Gasteiger partial charge in [0, 0.05) is 10.6 Å². The van der Waals surface area contributed by atoms with E-state index in [-0.39, 0.29) is 11.9 Å². The zero-order valence-corrected chi connectivity index (χ0v) is 11.1. The van der Waals surface area contributed by atoms with E-state index in [1.54, 1.807) is 18.2 Å². The summed E-state index contributed by atoms with van der Waals surface area (Å²) in [6, 6.07) is 12.7. The fourth-order valence-electron chi connectivity index (χ4n) is 1.74. The predicted octanol–water partition coefficient (Wildman–Crippen LogP) is 3.97. The fourth-order valence-corrected chi connectivity index (χ4v) is 1.87. The molecule has 0 aliphatic carbocycles. The molecule has 0 radical (unpaired) electrons. The molecule has 0 heterocycles. The summed E-state index contributed by atoms with van der Waals surface area (Å²) in [6.45, 7) is 1.86. The highest BCUT2D eigenvalue weighted by Crippen LogP contribution is 2.16. The van der Waals surface area contributed by atoms with Crippen LogP contribution in [0.2, 0.25) is 5.02 Å². The first-order valence-corrected chi connectivity index (χ1v) is 6.26. The van der Waals surface area contributed by atoms with Gasteiger partial charge in [0.05, 0.1) is 6.04 Å². The SMILES string of the molecule is C[C@H](NC(=O)c1cccc(F)c1)c1ccc(Cl)cc1. The number of nitrogens with one attached hydrogen (secondary N) is 1. The Balaban J connectivity index is 2.08.